The Labute approximate surface area is 175 Å². The van der Waals surface area contributed by atoms with Gasteiger partial charge in [0, 0.05) is 12.2 Å². The minimum absolute atomic E-state index is 0.0270. The summed E-state index contributed by atoms with van der Waals surface area (Å²) in [4.78, 5) is 0. The maximum atomic E-state index is 14.3. The zero-order valence-corrected chi connectivity index (χ0v) is 18.2. The summed E-state index contributed by atoms with van der Waals surface area (Å²) in [5, 5.41) is 0. The van der Waals surface area contributed by atoms with Gasteiger partial charge in [-0.3, -0.25) is 0 Å². The zero-order chi connectivity index (χ0) is 20.6. The molecule has 29 heavy (non-hydrogen) atoms. The van der Waals surface area contributed by atoms with Crippen LogP contribution in [0, 0.1) is 35.3 Å². The zero-order valence-electron chi connectivity index (χ0n) is 18.2. The van der Waals surface area contributed by atoms with Crippen molar-refractivity contribution >= 4 is 0 Å². The Balaban J connectivity index is 1.42. The highest BCUT2D eigenvalue weighted by Crippen LogP contribution is 2.42. The van der Waals surface area contributed by atoms with Crippen LogP contribution in [-0.4, -0.2) is 13.2 Å². The number of ether oxygens (including phenoxy) is 2. The van der Waals surface area contributed by atoms with E-state index in [0.29, 0.717) is 19.1 Å². The topological polar surface area (TPSA) is 18.5 Å². The smallest absolute Gasteiger partial charge is 0.200 e. The normalized spacial score (nSPS) is 27.7. The third-order valence-corrected chi connectivity index (χ3v) is 7.21. The maximum Gasteiger partial charge on any atom is 0.200 e. The molecule has 0 aliphatic heterocycles. The van der Waals surface area contributed by atoms with E-state index in [4.69, 9.17) is 9.47 Å². The van der Waals surface area contributed by atoms with Crippen LogP contribution in [0.4, 0.5) is 8.78 Å². The summed E-state index contributed by atoms with van der Waals surface area (Å²) < 4.78 is 39.3. The van der Waals surface area contributed by atoms with E-state index in [9.17, 15) is 8.78 Å². The average molecular weight is 409 g/mol. The van der Waals surface area contributed by atoms with E-state index < -0.39 is 11.6 Å². The van der Waals surface area contributed by atoms with Crippen LogP contribution in [0.3, 0.4) is 0 Å². The molecule has 0 unspecified atom stereocenters. The fourth-order valence-corrected chi connectivity index (χ4v) is 5.40. The van der Waals surface area contributed by atoms with Crippen LogP contribution in [0.2, 0.25) is 0 Å². The number of halogens is 2. The Morgan fingerprint density at radius 2 is 1.45 bits per heavy atom. The van der Waals surface area contributed by atoms with E-state index >= 15 is 0 Å². The van der Waals surface area contributed by atoms with Crippen LogP contribution < -0.4 is 4.74 Å². The van der Waals surface area contributed by atoms with Crippen molar-refractivity contribution < 1.29 is 18.3 Å². The summed E-state index contributed by atoms with van der Waals surface area (Å²) in [5.74, 6) is 1.48. The van der Waals surface area contributed by atoms with Crippen molar-refractivity contribution in [2.75, 3.05) is 13.2 Å². The van der Waals surface area contributed by atoms with Gasteiger partial charge in [0.2, 0.25) is 5.82 Å². The van der Waals surface area contributed by atoms with Crippen molar-refractivity contribution in [2.45, 2.75) is 84.7 Å². The van der Waals surface area contributed by atoms with E-state index in [1.54, 1.807) is 6.07 Å². The molecule has 1 aromatic rings. The van der Waals surface area contributed by atoms with Crippen molar-refractivity contribution in [2.24, 2.45) is 23.7 Å². The Kier molecular flexibility index (Phi) is 8.77. The monoisotopic (exact) mass is 408 g/mol. The Bertz CT molecular complexity index is 617. The summed E-state index contributed by atoms with van der Waals surface area (Å²) in [7, 11) is 0. The van der Waals surface area contributed by atoms with Gasteiger partial charge in [-0.05, 0) is 81.3 Å². The lowest BCUT2D eigenvalue weighted by molar-refractivity contribution is 0.119. The van der Waals surface area contributed by atoms with Gasteiger partial charge in [-0.25, -0.2) is 4.39 Å². The molecule has 0 amide bonds. The third kappa shape index (κ3) is 6.16. The summed E-state index contributed by atoms with van der Waals surface area (Å²) in [5.41, 5.74) is 0.242. The molecule has 0 heterocycles. The highest BCUT2D eigenvalue weighted by atomic mass is 19.2. The van der Waals surface area contributed by atoms with Crippen molar-refractivity contribution in [3.05, 3.63) is 29.3 Å². The molecule has 0 saturated heterocycles. The molecule has 0 N–H and O–H groups in total. The minimum atomic E-state index is -0.889. The second kappa shape index (κ2) is 11.3. The van der Waals surface area contributed by atoms with Gasteiger partial charge in [0.25, 0.3) is 0 Å². The quantitative estimate of drug-likeness (QED) is 0.427. The lowest BCUT2D eigenvalue weighted by atomic mass is 9.69. The first-order chi connectivity index (χ1) is 14.1. The Morgan fingerprint density at radius 3 is 2.03 bits per heavy atom. The van der Waals surface area contributed by atoms with Crippen molar-refractivity contribution in [3.63, 3.8) is 0 Å². The second-order valence-electron chi connectivity index (χ2n) is 9.15. The summed E-state index contributed by atoms with van der Waals surface area (Å²) >= 11 is 0. The molecule has 2 fully saturated rings. The fourth-order valence-electron chi connectivity index (χ4n) is 5.40. The predicted molar refractivity (Wildman–Crippen MR) is 113 cm³/mol. The molecule has 3 rings (SSSR count). The lowest BCUT2D eigenvalue weighted by Crippen LogP contribution is -2.27. The van der Waals surface area contributed by atoms with E-state index in [1.807, 2.05) is 6.92 Å². The molecule has 2 aliphatic rings. The molecule has 2 aliphatic carbocycles. The largest absolute Gasteiger partial charge is 0.490 e. The van der Waals surface area contributed by atoms with Gasteiger partial charge < -0.3 is 9.47 Å². The van der Waals surface area contributed by atoms with E-state index in [0.717, 1.165) is 30.6 Å². The second-order valence-corrected chi connectivity index (χ2v) is 9.15. The maximum absolute atomic E-state index is 14.3. The molecule has 0 aromatic heterocycles. The molecule has 164 valence electrons. The number of benzene rings is 1. The highest BCUT2D eigenvalue weighted by molar-refractivity contribution is 5.30. The van der Waals surface area contributed by atoms with E-state index in [1.165, 1.54) is 57.4 Å². The molecule has 0 bridgehead atoms. The molecular formula is C25H38F2O2. The number of hydrogen-bond acceptors (Lipinski definition) is 2. The highest BCUT2D eigenvalue weighted by Gasteiger charge is 2.31. The Morgan fingerprint density at radius 1 is 0.828 bits per heavy atom. The summed E-state index contributed by atoms with van der Waals surface area (Å²) in [6, 6.07) is 3.10. The minimum Gasteiger partial charge on any atom is -0.490 e. The molecule has 0 atom stereocenters. The summed E-state index contributed by atoms with van der Waals surface area (Å²) in [6.07, 6.45) is 13.2. The van der Waals surface area contributed by atoms with Gasteiger partial charge in [-0.1, -0.05) is 32.6 Å². The van der Waals surface area contributed by atoms with Crippen molar-refractivity contribution in [1.29, 1.82) is 0 Å². The van der Waals surface area contributed by atoms with Crippen LogP contribution in [0.15, 0.2) is 12.1 Å². The van der Waals surface area contributed by atoms with Gasteiger partial charge in [0.05, 0.1) is 13.2 Å². The van der Waals surface area contributed by atoms with Crippen molar-refractivity contribution in [1.82, 2.24) is 0 Å². The SMILES string of the molecule is CCCC1CCC(C2CCC(COc3ccc(COCC)c(F)c3F)CC2)CC1. The van der Waals surface area contributed by atoms with Crippen LogP contribution in [0.5, 0.6) is 5.75 Å². The first kappa shape index (κ1) is 22.5. The standard InChI is InChI=1S/C25H38F2O2/c1-3-5-18-6-10-20(11-7-18)21-12-8-19(9-13-21)16-29-23-15-14-22(17-28-4-2)24(26)25(23)27/h14-15,18-21H,3-13,16-17H2,1-2H3. The van der Waals surface area contributed by atoms with Crippen LogP contribution in [-0.2, 0) is 11.3 Å². The third-order valence-electron chi connectivity index (χ3n) is 7.21. The van der Waals surface area contributed by atoms with Gasteiger partial charge >= 0.3 is 0 Å². The summed E-state index contributed by atoms with van der Waals surface area (Å²) in [6.45, 7) is 5.17. The van der Waals surface area contributed by atoms with Crippen LogP contribution in [0.1, 0.15) is 83.6 Å². The van der Waals surface area contributed by atoms with Crippen molar-refractivity contribution in [3.8, 4) is 5.75 Å². The number of rotatable bonds is 9. The first-order valence-corrected chi connectivity index (χ1v) is 11.8. The van der Waals surface area contributed by atoms with E-state index in [2.05, 4.69) is 6.92 Å². The van der Waals surface area contributed by atoms with Gasteiger partial charge in [-0.15, -0.1) is 0 Å². The average Bonchev–Trinajstić information content (AvgIpc) is 2.75. The fraction of sp³-hybridized carbons (Fsp3) is 0.760. The first-order valence-electron chi connectivity index (χ1n) is 11.8. The molecule has 2 saturated carbocycles. The van der Waals surface area contributed by atoms with Gasteiger partial charge in [0.15, 0.2) is 11.6 Å². The number of hydrogen-bond donors (Lipinski definition) is 0. The molecule has 4 heteroatoms. The van der Waals surface area contributed by atoms with Gasteiger partial charge in [0.1, 0.15) is 0 Å². The van der Waals surface area contributed by atoms with E-state index in [-0.39, 0.29) is 17.9 Å². The molecule has 0 radical (unpaired) electrons. The molecule has 1 aromatic carbocycles. The van der Waals surface area contributed by atoms with Gasteiger partial charge in [-0.2, -0.15) is 4.39 Å². The predicted octanol–water partition coefficient (Wildman–Crippen LogP) is 7.29. The van der Waals surface area contributed by atoms with Crippen LogP contribution >= 0.6 is 0 Å². The lowest BCUT2D eigenvalue weighted by Gasteiger charge is -2.37. The molecular weight excluding hydrogens is 370 g/mol. The Hall–Kier alpha value is -1.16. The van der Waals surface area contributed by atoms with Crippen LogP contribution in [0.25, 0.3) is 0 Å². The molecule has 0 spiro atoms. The molecule has 2 nitrogen and oxygen atoms in total.